The lowest BCUT2D eigenvalue weighted by molar-refractivity contribution is 0.607. The summed E-state index contributed by atoms with van der Waals surface area (Å²) >= 11 is 0. The highest BCUT2D eigenvalue weighted by molar-refractivity contribution is 7.97. The smallest absolute Gasteiger partial charge is 0.0654 e. The monoisotopic (exact) mass is 375 g/mol. The molecular weight excluding hydrogens is 344 g/mol. The summed E-state index contributed by atoms with van der Waals surface area (Å²) in [5.41, 5.74) is 1.47. The molecule has 0 aromatic heterocycles. The van der Waals surface area contributed by atoms with Crippen molar-refractivity contribution in [2.45, 2.75) is 66.6 Å². The maximum atomic E-state index is 2.34. The minimum Gasteiger partial charge on any atom is -0.0654 e. The lowest BCUT2D eigenvalue weighted by Gasteiger charge is -2.09. The minimum atomic E-state index is -0.0341. The van der Waals surface area contributed by atoms with Crippen LogP contribution in [0.5, 0.6) is 0 Å². The van der Waals surface area contributed by atoms with Gasteiger partial charge in [-0.3, -0.25) is 0 Å². The Hall–Kier alpha value is -1.99. The number of hydrogen-bond acceptors (Lipinski definition) is 0. The van der Waals surface area contributed by atoms with Gasteiger partial charge in [0.05, 0.1) is 10.9 Å². The first-order valence-electron chi connectivity index (χ1n) is 10.3. The van der Waals surface area contributed by atoms with Crippen LogP contribution in [0, 0.1) is 0 Å². The Kier molecular flexibility index (Phi) is 8.04. The molecule has 0 aliphatic heterocycles. The highest BCUT2D eigenvalue weighted by Gasteiger charge is 2.27. The number of unbranched alkanes of at least 4 members (excludes halogenated alkanes) is 5. The van der Waals surface area contributed by atoms with E-state index in [-0.39, 0.29) is 10.9 Å². The van der Waals surface area contributed by atoms with E-state index in [2.05, 4.69) is 91.9 Å². The topological polar surface area (TPSA) is 0 Å². The molecule has 0 saturated carbocycles. The van der Waals surface area contributed by atoms with Crippen molar-refractivity contribution in [3.05, 3.63) is 90.5 Å². The average molecular weight is 376 g/mol. The van der Waals surface area contributed by atoms with Gasteiger partial charge in [0.2, 0.25) is 0 Å². The first-order chi connectivity index (χ1) is 13.4. The van der Waals surface area contributed by atoms with E-state index in [0.717, 1.165) is 0 Å². The Balaban J connectivity index is 1.69. The third kappa shape index (κ3) is 6.01. The molecule has 140 valence electrons. The van der Waals surface area contributed by atoms with Gasteiger partial charge >= 0.3 is 0 Å². The Morgan fingerprint density at radius 1 is 0.519 bits per heavy atom. The molecule has 0 aliphatic rings. The Morgan fingerprint density at radius 3 is 1.56 bits per heavy atom. The van der Waals surface area contributed by atoms with E-state index in [0.29, 0.717) is 0 Å². The molecule has 1 heteroatoms. The van der Waals surface area contributed by atoms with Crippen LogP contribution in [-0.2, 0) is 17.3 Å². The highest BCUT2D eigenvalue weighted by Crippen LogP contribution is 2.31. The molecule has 3 aromatic rings. The van der Waals surface area contributed by atoms with Crippen molar-refractivity contribution in [3.8, 4) is 0 Å². The van der Waals surface area contributed by atoms with Gasteiger partial charge < -0.3 is 0 Å². The van der Waals surface area contributed by atoms with Crippen molar-refractivity contribution in [2.24, 2.45) is 0 Å². The molecule has 27 heavy (non-hydrogen) atoms. The minimum absolute atomic E-state index is 0.0341. The predicted molar refractivity (Wildman–Crippen MR) is 119 cm³/mol. The maximum absolute atomic E-state index is 2.34. The van der Waals surface area contributed by atoms with Gasteiger partial charge in [0, 0.05) is 0 Å². The zero-order valence-corrected chi connectivity index (χ0v) is 17.3. The summed E-state index contributed by atoms with van der Waals surface area (Å²) in [6.07, 6.45) is 9.37. The summed E-state index contributed by atoms with van der Waals surface area (Å²) in [4.78, 5) is 4.17. The van der Waals surface area contributed by atoms with E-state index >= 15 is 0 Å². The SMILES string of the molecule is CCCCCCCCc1ccc([S+](c2ccccc2)c2ccccc2)cc1. The van der Waals surface area contributed by atoms with Crippen molar-refractivity contribution in [1.29, 1.82) is 0 Å². The number of rotatable bonds is 10. The number of benzene rings is 3. The van der Waals surface area contributed by atoms with E-state index in [1.54, 1.807) is 0 Å². The fourth-order valence-electron chi connectivity index (χ4n) is 3.42. The Bertz CT molecular complexity index is 723. The molecule has 0 nitrogen and oxygen atoms in total. The average Bonchev–Trinajstić information content (AvgIpc) is 2.73. The van der Waals surface area contributed by atoms with Crippen LogP contribution >= 0.6 is 0 Å². The van der Waals surface area contributed by atoms with Gasteiger partial charge in [-0.2, -0.15) is 0 Å². The Labute approximate surface area is 168 Å². The van der Waals surface area contributed by atoms with Crippen molar-refractivity contribution in [1.82, 2.24) is 0 Å². The molecule has 0 fully saturated rings. The zero-order valence-electron chi connectivity index (χ0n) is 16.4. The second kappa shape index (κ2) is 11.0. The van der Waals surface area contributed by atoms with E-state index in [1.165, 1.54) is 65.2 Å². The van der Waals surface area contributed by atoms with Crippen LogP contribution in [0.25, 0.3) is 0 Å². The fourth-order valence-corrected chi connectivity index (χ4v) is 5.51. The normalized spacial score (nSPS) is 11.0. The predicted octanol–water partition coefficient (Wildman–Crippen LogP) is 7.69. The van der Waals surface area contributed by atoms with Crippen molar-refractivity contribution < 1.29 is 0 Å². The summed E-state index contributed by atoms with van der Waals surface area (Å²) in [6.45, 7) is 2.28. The van der Waals surface area contributed by atoms with Gasteiger partial charge in [-0.05, 0) is 54.8 Å². The van der Waals surface area contributed by atoms with Crippen LogP contribution in [-0.4, -0.2) is 0 Å². The summed E-state index contributed by atoms with van der Waals surface area (Å²) in [7, 11) is -0.0341. The first kappa shape index (κ1) is 19.8. The van der Waals surface area contributed by atoms with Gasteiger partial charge in [-0.25, -0.2) is 0 Å². The lowest BCUT2D eigenvalue weighted by Crippen LogP contribution is -2.04. The first-order valence-corrected chi connectivity index (χ1v) is 11.5. The van der Waals surface area contributed by atoms with E-state index in [4.69, 9.17) is 0 Å². The fraction of sp³-hybridized carbons (Fsp3) is 0.308. The molecule has 0 amide bonds. The molecule has 0 saturated heterocycles. The van der Waals surface area contributed by atoms with E-state index in [1.807, 2.05) is 0 Å². The van der Waals surface area contributed by atoms with E-state index in [9.17, 15) is 0 Å². The molecule has 0 aliphatic carbocycles. The third-order valence-electron chi connectivity index (χ3n) is 4.94. The third-order valence-corrected chi connectivity index (χ3v) is 7.17. The quantitative estimate of drug-likeness (QED) is 0.252. The van der Waals surface area contributed by atoms with Crippen LogP contribution in [0.15, 0.2) is 99.6 Å². The number of aryl methyl sites for hydroxylation is 1. The number of hydrogen-bond donors (Lipinski definition) is 0. The van der Waals surface area contributed by atoms with Crippen molar-refractivity contribution in [3.63, 3.8) is 0 Å². The van der Waals surface area contributed by atoms with Crippen LogP contribution in [0.2, 0.25) is 0 Å². The second-order valence-electron chi connectivity index (χ2n) is 7.09. The maximum Gasteiger partial charge on any atom is 0.166 e. The lowest BCUT2D eigenvalue weighted by atomic mass is 10.1. The van der Waals surface area contributed by atoms with Crippen molar-refractivity contribution >= 4 is 10.9 Å². The molecular formula is C26H31S+. The molecule has 3 aromatic carbocycles. The van der Waals surface area contributed by atoms with Crippen LogP contribution < -0.4 is 0 Å². The molecule has 0 radical (unpaired) electrons. The van der Waals surface area contributed by atoms with Gasteiger partial charge in [-0.1, -0.05) is 87.6 Å². The van der Waals surface area contributed by atoms with Crippen LogP contribution in [0.4, 0.5) is 0 Å². The van der Waals surface area contributed by atoms with Gasteiger partial charge in [0.25, 0.3) is 0 Å². The van der Waals surface area contributed by atoms with Gasteiger partial charge in [-0.15, -0.1) is 0 Å². The van der Waals surface area contributed by atoms with E-state index < -0.39 is 0 Å². The summed E-state index contributed by atoms with van der Waals surface area (Å²) in [5, 5.41) is 0. The summed E-state index contributed by atoms with van der Waals surface area (Å²) in [5.74, 6) is 0. The molecule has 3 rings (SSSR count). The molecule has 0 atom stereocenters. The molecule has 0 unspecified atom stereocenters. The standard InChI is InChI=1S/C26H31S/c1-2-3-4-5-6-9-14-23-19-21-26(22-20-23)27(24-15-10-7-11-16-24)25-17-12-8-13-18-25/h7-8,10-13,15-22H,2-6,9,14H2,1H3/q+1. The van der Waals surface area contributed by atoms with Gasteiger partial charge in [0.15, 0.2) is 14.7 Å². The summed E-state index contributed by atoms with van der Waals surface area (Å²) < 4.78 is 0. The molecule has 0 N–H and O–H groups in total. The summed E-state index contributed by atoms with van der Waals surface area (Å²) in [6, 6.07) is 31.1. The zero-order chi connectivity index (χ0) is 18.7. The van der Waals surface area contributed by atoms with Crippen molar-refractivity contribution in [2.75, 3.05) is 0 Å². The Morgan fingerprint density at radius 2 is 1.00 bits per heavy atom. The molecule has 0 spiro atoms. The second-order valence-corrected chi connectivity index (χ2v) is 9.12. The highest BCUT2D eigenvalue weighted by atomic mass is 32.2. The molecule has 0 bridgehead atoms. The molecule has 0 heterocycles. The van der Waals surface area contributed by atoms with Gasteiger partial charge in [0.1, 0.15) is 0 Å². The van der Waals surface area contributed by atoms with Crippen LogP contribution in [0.1, 0.15) is 51.0 Å². The van der Waals surface area contributed by atoms with Crippen LogP contribution in [0.3, 0.4) is 0 Å². The largest absolute Gasteiger partial charge is 0.166 e.